The van der Waals surface area contributed by atoms with E-state index < -0.39 is 0 Å². The number of aromatic amines is 1. The smallest absolute Gasteiger partial charge is 0.0662 e. The molecule has 0 aliphatic heterocycles. The van der Waals surface area contributed by atoms with Crippen LogP contribution in [0.15, 0.2) is 22.8 Å². The molecule has 2 aromatic rings. The van der Waals surface area contributed by atoms with E-state index in [-0.39, 0.29) is 0 Å². The van der Waals surface area contributed by atoms with Gasteiger partial charge in [0.15, 0.2) is 0 Å². The van der Waals surface area contributed by atoms with Gasteiger partial charge in [0.25, 0.3) is 0 Å². The fourth-order valence-electron chi connectivity index (χ4n) is 1.34. The van der Waals surface area contributed by atoms with Gasteiger partial charge in [0.2, 0.25) is 0 Å². The number of fused-ring (bicyclic) bond motifs is 1. The average molecular weight is 245 g/mol. The van der Waals surface area contributed by atoms with E-state index >= 15 is 0 Å². The Hall–Kier alpha value is -0.470. The molecule has 0 spiro atoms. The molecular formula is C9H7BrClN. The minimum atomic E-state index is 0.781. The van der Waals surface area contributed by atoms with Gasteiger partial charge in [-0.15, -0.1) is 0 Å². The minimum absolute atomic E-state index is 0.781. The monoisotopic (exact) mass is 243 g/mol. The Morgan fingerprint density at radius 3 is 2.83 bits per heavy atom. The van der Waals surface area contributed by atoms with Gasteiger partial charge in [0.1, 0.15) is 0 Å². The highest BCUT2D eigenvalue weighted by atomic mass is 79.9. The second-order valence-corrected chi connectivity index (χ2v) is 4.01. The van der Waals surface area contributed by atoms with Crippen LogP contribution in [0.5, 0.6) is 0 Å². The summed E-state index contributed by atoms with van der Waals surface area (Å²) in [6.07, 6.45) is 1.81. The highest BCUT2D eigenvalue weighted by Crippen LogP contribution is 2.31. The van der Waals surface area contributed by atoms with Crippen LogP contribution >= 0.6 is 27.5 Å². The Morgan fingerprint density at radius 1 is 1.42 bits per heavy atom. The van der Waals surface area contributed by atoms with E-state index in [1.807, 2.05) is 18.3 Å². The molecule has 1 N–H and O–H groups in total. The molecule has 1 nitrogen and oxygen atoms in total. The lowest BCUT2D eigenvalue weighted by atomic mass is 10.1. The molecular weight excluding hydrogens is 237 g/mol. The van der Waals surface area contributed by atoms with Gasteiger partial charge in [0, 0.05) is 16.1 Å². The van der Waals surface area contributed by atoms with Crippen LogP contribution in [0, 0.1) is 6.92 Å². The first-order valence-corrected chi connectivity index (χ1v) is 4.79. The molecule has 0 amide bonds. The SMILES string of the molecule is Cc1ccc(Br)c2[nH]cc(Cl)c12. The van der Waals surface area contributed by atoms with Crippen LogP contribution in [0.25, 0.3) is 10.9 Å². The molecule has 12 heavy (non-hydrogen) atoms. The second-order valence-electron chi connectivity index (χ2n) is 2.75. The number of halogens is 2. The van der Waals surface area contributed by atoms with E-state index in [2.05, 4.69) is 27.8 Å². The maximum Gasteiger partial charge on any atom is 0.0662 e. The molecule has 1 aromatic carbocycles. The van der Waals surface area contributed by atoms with Gasteiger partial charge >= 0.3 is 0 Å². The van der Waals surface area contributed by atoms with Crippen LogP contribution in [0.1, 0.15) is 5.56 Å². The Balaban J connectivity index is 2.98. The van der Waals surface area contributed by atoms with E-state index in [1.54, 1.807) is 0 Å². The molecule has 0 fully saturated rings. The van der Waals surface area contributed by atoms with Crippen molar-refractivity contribution in [2.24, 2.45) is 0 Å². The highest BCUT2D eigenvalue weighted by Gasteiger charge is 2.06. The second kappa shape index (κ2) is 2.79. The standard InChI is InChI=1S/C9H7BrClN/c1-5-2-3-6(10)9-8(5)7(11)4-12-9/h2-4,12H,1H3. The molecule has 0 atom stereocenters. The molecule has 0 unspecified atom stereocenters. The van der Waals surface area contributed by atoms with Gasteiger partial charge in [-0.1, -0.05) is 17.7 Å². The van der Waals surface area contributed by atoms with Crippen molar-refractivity contribution >= 4 is 38.4 Å². The highest BCUT2D eigenvalue weighted by molar-refractivity contribution is 9.10. The van der Waals surface area contributed by atoms with Gasteiger partial charge in [0.05, 0.1) is 10.5 Å². The van der Waals surface area contributed by atoms with Crippen molar-refractivity contribution < 1.29 is 0 Å². The fourth-order valence-corrected chi connectivity index (χ4v) is 2.08. The summed E-state index contributed by atoms with van der Waals surface area (Å²) in [6, 6.07) is 4.07. The van der Waals surface area contributed by atoms with Gasteiger partial charge in [-0.2, -0.15) is 0 Å². The molecule has 3 heteroatoms. The van der Waals surface area contributed by atoms with E-state index in [0.717, 1.165) is 20.4 Å². The lowest BCUT2D eigenvalue weighted by molar-refractivity contribution is 1.45. The topological polar surface area (TPSA) is 15.8 Å². The van der Waals surface area contributed by atoms with Gasteiger partial charge in [-0.3, -0.25) is 0 Å². The van der Waals surface area contributed by atoms with E-state index in [4.69, 9.17) is 11.6 Å². The number of hydrogen-bond donors (Lipinski definition) is 1. The van der Waals surface area contributed by atoms with Crippen LogP contribution in [0.3, 0.4) is 0 Å². The summed E-state index contributed by atoms with van der Waals surface area (Å²) in [7, 11) is 0. The predicted octanol–water partition coefficient (Wildman–Crippen LogP) is 3.89. The first kappa shape index (κ1) is 8.14. The van der Waals surface area contributed by atoms with Crippen LogP contribution in [0.4, 0.5) is 0 Å². The fraction of sp³-hybridized carbons (Fsp3) is 0.111. The Kier molecular flexibility index (Phi) is 1.89. The lowest BCUT2D eigenvalue weighted by Crippen LogP contribution is -1.75. The van der Waals surface area contributed by atoms with Crippen LogP contribution in [0.2, 0.25) is 5.02 Å². The van der Waals surface area contributed by atoms with E-state index in [1.165, 1.54) is 5.56 Å². The van der Waals surface area contributed by atoms with Crippen molar-refractivity contribution in [1.82, 2.24) is 4.98 Å². The van der Waals surface area contributed by atoms with Crippen molar-refractivity contribution in [2.45, 2.75) is 6.92 Å². The van der Waals surface area contributed by atoms with E-state index in [9.17, 15) is 0 Å². The largest absolute Gasteiger partial charge is 0.359 e. The van der Waals surface area contributed by atoms with Crippen LogP contribution in [-0.4, -0.2) is 4.98 Å². The average Bonchev–Trinajstić information content (AvgIpc) is 2.42. The van der Waals surface area contributed by atoms with Crippen molar-refractivity contribution in [3.05, 3.63) is 33.4 Å². The summed E-state index contributed by atoms with van der Waals surface area (Å²) in [6.45, 7) is 2.05. The predicted molar refractivity (Wildman–Crippen MR) is 55.7 cm³/mol. The first-order valence-electron chi connectivity index (χ1n) is 3.62. The summed E-state index contributed by atoms with van der Waals surface area (Å²) < 4.78 is 1.05. The number of rotatable bonds is 0. The molecule has 0 saturated heterocycles. The summed E-state index contributed by atoms with van der Waals surface area (Å²) in [5, 5.41) is 1.88. The maximum atomic E-state index is 6.00. The zero-order valence-electron chi connectivity index (χ0n) is 6.49. The van der Waals surface area contributed by atoms with Crippen LogP contribution in [-0.2, 0) is 0 Å². The molecule has 1 aromatic heterocycles. The summed E-state index contributed by atoms with van der Waals surface area (Å²) in [4.78, 5) is 3.12. The maximum absolute atomic E-state index is 6.00. The number of nitrogens with one attached hydrogen (secondary N) is 1. The third kappa shape index (κ3) is 1.06. The zero-order valence-corrected chi connectivity index (χ0v) is 8.83. The zero-order chi connectivity index (χ0) is 8.72. The van der Waals surface area contributed by atoms with Crippen LogP contribution < -0.4 is 0 Å². The van der Waals surface area contributed by atoms with Crippen molar-refractivity contribution in [2.75, 3.05) is 0 Å². The Bertz CT molecular complexity index is 433. The third-order valence-corrected chi connectivity index (χ3v) is 2.90. The molecule has 2 rings (SSSR count). The normalized spacial score (nSPS) is 10.9. The minimum Gasteiger partial charge on any atom is -0.359 e. The summed E-state index contributed by atoms with van der Waals surface area (Å²) >= 11 is 9.45. The quantitative estimate of drug-likeness (QED) is 0.724. The molecule has 0 radical (unpaired) electrons. The lowest BCUT2D eigenvalue weighted by Gasteiger charge is -1.98. The number of H-pyrrole nitrogens is 1. The first-order chi connectivity index (χ1) is 5.70. The van der Waals surface area contributed by atoms with Gasteiger partial charge < -0.3 is 4.98 Å². The summed E-state index contributed by atoms with van der Waals surface area (Å²) in [5.41, 5.74) is 2.26. The van der Waals surface area contributed by atoms with Crippen molar-refractivity contribution in [1.29, 1.82) is 0 Å². The Morgan fingerprint density at radius 2 is 2.17 bits per heavy atom. The number of aromatic nitrogens is 1. The molecule has 0 aliphatic rings. The van der Waals surface area contributed by atoms with E-state index in [0.29, 0.717) is 0 Å². The summed E-state index contributed by atoms with van der Waals surface area (Å²) in [5.74, 6) is 0. The number of hydrogen-bond acceptors (Lipinski definition) is 0. The third-order valence-electron chi connectivity index (χ3n) is 1.94. The molecule has 1 heterocycles. The molecule has 0 bridgehead atoms. The number of benzene rings is 1. The molecule has 0 saturated carbocycles. The molecule has 62 valence electrons. The Labute approximate surface area is 83.9 Å². The van der Waals surface area contributed by atoms with Crippen molar-refractivity contribution in [3.63, 3.8) is 0 Å². The van der Waals surface area contributed by atoms with Gasteiger partial charge in [-0.05, 0) is 34.5 Å². The number of aryl methyl sites for hydroxylation is 1. The van der Waals surface area contributed by atoms with Gasteiger partial charge in [-0.25, -0.2) is 0 Å². The van der Waals surface area contributed by atoms with Crippen molar-refractivity contribution in [3.8, 4) is 0 Å². The molecule has 0 aliphatic carbocycles.